The van der Waals surface area contributed by atoms with E-state index in [0.29, 0.717) is 5.75 Å². The van der Waals surface area contributed by atoms with Crippen LogP contribution in [-0.2, 0) is 0 Å². The molecule has 0 aliphatic carbocycles. The first kappa shape index (κ1) is 9.13. The first-order valence-corrected chi connectivity index (χ1v) is 7.50. The Balaban J connectivity index is 3.23. The van der Waals surface area contributed by atoms with Gasteiger partial charge in [0.1, 0.15) is 5.75 Å². The number of rotatable bonds is 1. The molecule has 1 aromatic carbocycles. The second-order valence-electron chi connectivity index (χ2n) is 4.02. The van der Waals surface area contributed by atoms with Crippen LogP contribution in [0.5, 0.6) is 5.75 Å². The van der Waals surface area contributed by atoms with Crippen LogP contribution in [0.2, 0.25) is 19.6 Å². The van der Waals surface area contributed by atoms with Crippen molar-refractivity contribution in [3.8, 4) is 5.75 Å². The Bertz CT molecular complexity index is 291. The number of anilines is 1. The molecular formula is C9H15NOSi. The number of phenolic OH excluding ortho intramolecular Hbond substituents is 1. The minimum Gasteiger partial charge on any atom is -0.508 e. The van der Waals surface area contributed by atoms with Crippen molar-refractivity contribution in [2.75, 3.05) is 5.73 Å². The summed E-state index contributed by atoms with van der Waals surface area (Å²) in [5.41, 5.74) is 6.60. The molecule has 0 spiro atoms. The fraction of sp³-hybridized carbons (Fsp3) is 0.333. The Morgan fingerprint density at radius 3 is 2.25 bits per heavy atom. The van der Waals surface area contributed by atoms with Crippen LogP contribution >= 0.6 is 0 Å². The van der Waals surface area contributed by atoms with Gasteiger partial charge in [-0.05, 0) is 23.4 Å². The molecule has 3 N–H and O–H groups in total. The fourth-order valence-corrected chi connectivity index (χ4v) is 2.72. The standard InChI is InChI=1S/C9H15NOSi/c1-12(2,3)9-6-7(11)4-5-8(9)10/h4-6,11H,10H2,1-3H3. The smallest absolute Gasteiger partial charge is 0.115 e. The summed E-state index contributed by atoms with van der Waals surface area (Å²) < 4.78 is 0. The molecule has 0 heterocycles. The topological polar surface area (TPSA) is 46.2 Å². The zero-order valence-corrected chi connectivity index (χ0v) is 8.76. The summed E-state index contributed by atoms with van der Waals surface area (Å²) in [5.74, 6) is 0.307. The molecule has 0 saturated heterocycles. The maximum absolute atomic E-state index is 9.27. The summed E-state index contributed by atoms with van der Waals surface area (Å²) in [6, 6.07) is 5.17. The van der Waals surface area contributed by atoms with Crippen molar-refractivity contribution < 1.29 is 5.11 Å². The van der Waals surface area contributed by atoms with Gasteiger partial charge in [-0.25, -0.2) is 0 Å². The molecule has 1 aromatic rings. The first-order valence-electron chi connectivity index (χ1n) is 4.00. The molecule has 66 valence electrons. The summed E-state index contributed by atoms with van der Waals surface area (Å²) in [5, 5.41) is 10.4. The minimum absolute atomic E-state index is 0.307. The molecule has 0 bridgehead atoms. The summed E-state index contributed by atoms with van der Waals surface area (Å²) in [4.78, 5) is 0. The second-order valence-corrected chi connectivity index (χ2v) is 9.06. The number of hydrogen-bond acceptors (Lipinski definition) is 2. The molecule has 0 atom stereocenters. The van der Waals surface area contributed by atoms with E-state index in [1.54, 1.807) is 18.2 Å². The Morgan fingerprint density at radius 2 is 1.83 bits per heavy atom. The third kappa shape index (κ3) is 1.79. The zero-order chi connectivity index (χ0) is 9.35. The number of hydrogen-bond donors (Lipinski definition) is 2. The van der Waals surface area contributed by atoms with E-state index in [1.807, 2.05) is 0 Å². The van der Waals surface area contributed by atoms with Gasteiger partial charge in [0.05, 0.1) is 8.07 Å². The predicted octanol–water partition coefficient (Wildman–Crippen LogP) is 1.52. The van der Waals surface area contributed by atoms with Crippen molar-refractivity contribution >= 4 is 18.9 Å². The fourth-order valence-electron chi connectivity index (χ4n) is 1.19. The van der Waals surface area contributed by atoms with Gasteiger partial charge in [-0.3, -0.25) is 0 Å². The van der Waals surface area contributed by atoms with Crippen LogP contribution in [0, 0.1) is 0 Å². The van der Waals surface area contributed by atoms with Gasteiger partial charge in [0, 0.05) is 5.69 Å². The quantitative estimate of drug-likeness (QED) is 0.392. The molecule has 12 heavy (non-hydrogen) atoms. The maximum Gasteiger partial charge on any atom is 0.115 e. The van der Waals surface area contributed by atoms with E-state index >= 15 is 0 Å². The molecule has 0 aromatic heterocycles. The van der Waals surface area contributed by atoms with Crippen LogP contribution in [-0.4, -0.2) is 13.2 Å². The maximum atomic E-state index is 9.27. The van der Waals surface area contributed by atoms with Gasteiger partial charge >= 0.3 is 0 Å². The molecule has 0 aliphatic rings. The van der Waals surface area contributed by atoms with Crippen LogP contribution in [0.4, 0.5) is 5.69 Å². The van der Waals surface area contributed by atoms with Gasteiger partial charge in [-0.1, -0.05) is 19.6 Å². The van der Waals surface area contributed by atoms with Crippen LogP contribution in [0.15, 0.2) is 18.2 Å². The Hall–Kier alpha value is -0.963. The lowest BCUT2D eigenvalue weighted by molar-refractivity contribution is 0.476. The van der Waals surface area contributed by atoms with Gasteiger partial charge in [0.25, 0.3) is 0 Å². The molecule has 2 nitrogen and oxygen atoms in total. The molecule has 3 heteroatoms. The van der Waals surface area contributed by atoms with E-state index in [4.69, 9.17) is 5.73 Å². The number of benzene rings is 1. The number of phenols is 1. The number of nitrogens with two attached hydrogens (primary N) is 1. The SMILES string of the molecule is C[Si](C)(C)c1cc(O)ccc1N. The highest BCUT2D eigenvalue weighted by molar-refractivity contribution is 6.89. The third-order valence-electron chi connectivity index (χ3n) is 1.84. The molecule has 0 aliphatic heterocycles. The Morgan fingerprint density at radius 1 is 1.25 bits per heavy atom. The largest absolute Gasteiger partial charge is 0.508 e. The average Bonchev–Trinajstić information content (AvgIpc) is 1.92. The lowest BCUT2D eigenvalue weighted by Gasteiger charge is -2.18. The predicted molar refractivity (Wildman–Crippen MR) is 55.5 cm³/mol. The highest BCUT2D eigenvalue weighted by atomic mass is 28.3. The number of aromatic hydroxyl groups is 1. The molecule has 0 amide bonds. The van der Waals surface area contributed by atoms with Crippen molar-refractivity contribution in [2.45, 2.75) is 19.6 Å². The summed E-state index contributed by atoms with van der Waals surface area (Å²) >= 11 is 0. The minimum atomic E-state index is -1.39. The van der Waals surface area contributed by atoms with Gasteiger partial charge in [-0.2, -0.15) is 0 Å². The van der Waals surface area contributed by atoms with E-state index in [0.717, 1.165) is 10.9 Å². The summed E-state index contributed by atoms with van der Waals surface area (Å²) in [6.45, 7) is 6.62. The first-order chi connectivity index (χ1) is 5.41. The van der Waals surface area contributed by atoms with Crippen LogP contribution in [0.3, 0.4) is 0 Å². The van der Waals surface area contributed by atoms with E-state index in [2.05, 4.69) is 19.6 Å². The average molecular weight is 181 g/mol. The van der Waals surface area contributed by atoms with Crippen molar-refractivity contribution in [1.82, 2.24) is 0 Å². The molecular weight excluding hydrogens is 166 g/mol. The molecule has 0 unspecified atom stereocenters. The summed E-state index contributed by atoms with van der Waals surface area (Å²) in [6.07, 6.45) is 0. The normalized spacial score (nSPS) is 11.6. The summed E-state index contributed by atoms with van der Waals surface area (Å²) in [7, 11) is -1.39. The van der Waals surface area contributed by atoms with Crippen molar-refractivity contribution in [2.24, 2.45) is 0 Å². The van der Waals surface area contributed by atoms with Crippen molar-refractivity contribution in [3.63, 3.8) is 0 Å². The van der Waals surface area contributed by atoms with Crippen LogP contribution in [0.1, 0.15) is 0 Å². The van der Waals surface area contributed by atoms with Gasteiger partial charge in [-0.15, -0.1) is 0 Å². The van der Waals surface area contributed by atoms with E-state index in [1.165, 1.54) is 0 Å². The van der Waals surface area contributed by atoms with Crippen LogP contribution < -0.4 is 10.9 Å². The van der Waals surface area contributed by atoms with Gasteiger partial charge < -0.3 is 10.8 Å². The van der Waals surface area contributed by atoms with Gasteiger partial charge in [0.15, 0.2) is 0 Å². The van der Waals surface area contributed by atoms with Crippen molar-refractivity contribution in [1.29, 1.82) is 0 Å². The Kier molecular flexibility index (Phi) is 2.15. The molecule has 0 saturated carbocycles. The highest BCUT2D eigenvalue weighted by Crippen LogP contribution is 2.14. The number of nitrogen functional groups attached to an aromatic ring is 1. The monoisotopic (exact) mass is 181 g/mol. The lowest BCUT2D eigenvalue weighted by Crippen LogP contribution is -2.39. The van der Waals surface area contributed by atoms with Crippen LogP contribution in [0.25, 0.3) is 0 Å². The highest BCUT2D eigenvalue weighted by Gasteiger charge is 2.19. The molecule has 0 fully saturated rings. The van der Waals surface area contributed by atoms with E-state index in [-0.39, 0.29) is 0 Å². The Labute approximate surface area is 74.0 Å². The van der Waals surface area contributed by atoms with Gasteiger partial charge in [0.2, 0.25) is 0 Å². The molecule has 0 radical (unpaired) electrons. The zero-order valence-electron chi connectivity index (χ0n) is 7.76. The van der Waals surface area contributed by atoms with E-state index in [9.17, 15) is 5.11 Å². The lowest BCUT2D eigenvalue weighted by atomic mass is 10.3. The molecule has 1 rings (SSSR count). The van der Waals surface area contributed by atoms with E-state index < -0.39 is 8.07 Å². The van der Waals surface area contributed by atoms with Crippen molar-refractivity contribution in [3.05, 3.63) is 18.2 Å². The third-order valence-corrected chi connectivity index (χ3v) is 3.89. The second kappa shape index (κ2) is 2.82.